The average Bonchev–Trinajstić information content (AvgIpc) is 2.53. The largest absolute Gasteiger partial charge is 0.319 e. The topological polar surface area (TPSA) is 153 Å². The Balaban J connectivity index is 2.17. The predicted octanol–water partition coefficient (Wildman–Crippen LogP) is 1.05. The van der Waals surface area contributed by atoms with Crippen molar-refractivity contribution in [1.82, 2.24) is 15.4 Å². The maximum atomic E-state index is 11.8. The Morgan fingerprint density at radius 1 is 1.14 bits per heavy atom. The molecule has 1 amide bonds. The molecule has 0 atom stereocenters. The maximum Gasteiger partial charge on any atom is 0.319 e. The van der Waals surface area contributed by atoms with E-state index < -0.39 is 27.1 Å². The zero-order valence-electron chi connectivity index (χ0n) is 10.8. The highest BCUT2D eigenvalue weighted by Crippen LogP contribution is 2.25. The van der Waals surface area contributed by atoms with Gasteiger partial charge in [-0.2, -0.15) is 0 Å². The van der Waals surface area contributed by atoms with Crippen LogP contribution in [0.4, 0.5) is 17.2 Å². The summed E-state index contributed by atoms with van der Waals surface area (Å²) in [5, 5.41) is 21.5. The Hall–Kier alpha value is -3.63. The van der Waals surface area contributed by atoms with Crippen LogP contribution in [0.1, 0.15) is 10.4 Å². The molecule has 0 saturated heterocycles. The fourth-order valence-electron chi connectivity index (χ4n) is 1.47. The minimum atomic E-state index is -0.846. The van der Waals surface area contributed by atoms with Gasteiger partial charge in [-0.3, -0.25) is 40.9 Å². The first kappa shape index (κ1) is 14.8. The molecule has 0 aliphatic heterocycles. The van der Waals surface area contributed by atoms with Gasteiger partial charge in [0.2, 0.25) is 5.82 Å². The number of rotatable bonds is 5. The van der Waals surface area contributed by atoms with Gasteiger partial charge in [0.15, 0.2) is 0 Å². The highest BCUT2D eigenvalue weighted by atomic mass is 16.6. The Labute approximate surface area is 122 Å². The summed E-state index contributed by atoms with van der Waals surface area (Å²) in [5.74, 6) is -0.894. The van der Waals surface area contributed by atoms with Gasteiger partial charge < -0.3 is 0 Å². The fourth-order valence-corrected chi connectivity index (χ4v) is 1.47. The highest BCUT2D eigenvalue weighted by Gasteiger charge is 2.21. The number of hydrogen-bond donors (Lipinski definition) is 2. The van der Waals surface area contributed by atoms with Crippen LogP contribution in [0, 0.1) is 20.2 Å². The first-order valence-electron chi connectivity index (χ1n) is 5.74. The number of hydrazine groups is 1. The standard InChI is InChI=1S/C11H8N6O5/c18-11(7-1-3-12-4-2-7)15-14-10-9(17(21)22)5-8(6-13-10)16(19)20/h1-6H,(H,13,14)(H,15,18). The van der Waals surface area contributed by atoms with Gasteiger partial charge in [-0.25, -0.2) is 4.98 Å². The molecule has 2 heterocycles. The molecule has 2 aromatic heterocycles. The van der Waals surface area contributed by atoms with E-state index in [0.717, 1.165) is 12.3 Å². The Morgan fingerprint density at radius 2 is 1.82 bits per heavy atom. The van der Waals surface area contributed by atoms with Crippen molar-refractivity contribution in [2.45, 2.75) is 0 Å². The van der Waals surface area contributed by atoms with Gasteiger partial charge in [-0.05, 0) is 12.1 Å². The molecule has 11 nitrogen and oxygen atoms in total. The van der Waals surface area contributed by atoms with Gasteiger partial charge in [0, 0.05) is 18.0 Å². The van der Waals surface area contributed by atoms with Crippen LogP contribution >= 0.6 is 0 Å². The lowest BCUT2D eigenvalue weighted by Gasteiger charge is -2.07. The second-order valence-corrected chi connectivity index (χ2v) is 3.89. The summed E-state index contributed by atoms with van der Waals surface area (Å²) in [6.07, 6.45) is 3.65. The normalized spacial score (nSPS) is 9.82. The van der Waals surface area contributed by atoms with Crippen molar-refractivity contribution >= 4 is 23.1 Å². The van der Waals surface area contributed by atoms with Crippen LogP contribution in [0.2, 0.25) is 0 Å². The van der Waals surface area contributed by atoms with Crippen molar-refractivity contribution in [1.29, 1.82) is 0 Å². The van der Waals surface area contributed by atoms with E-state index in [1.807, 2.05) is 0 Å². The van der Waals surface area contributed by atoms with Gasteiger partial charge in [0.25, 0.3) is 11.6 Å². The van der Waals surface area contributed by atoms with Crippen LogP contribution in [0.25, 0.3) is 0 Å². The lowest BCUT2D eigenvalue weighted by molar-refractivity contribution is -0.394. The molecule has 2 aromatic rings. The Kier molecular flexibility index (Phi) is 4.17. The highest BCUT2D eigenvalue weighted by molar-refractivity contribution is 5.94. The van der Waals surface area contributed by atoms with Gasteiger partial charge in [-0.15, -0.1) is 0 Å². The summed E-state index contributed by atoms with van der Waals surface area (Å²) >= 11 is 0. The molecule has 0 bridgehead atoms. The first-order valence-corrected chi connectivity index (χ1v) is 5.74. The van der Waals surface area contributed by atoms with Crippen molar-refractivity contribution in [2.75, 3.05) is 5.43 Å². The zero-order valence-corrected chi connectivity index (χ0v) is 10.8. The van der Waals surface area contributed by atoms with Gasteiger partial charge >= 0.3 is 5.69 Å². The van der Waals surface area contributed by atoms with Crippen molar-refractivity contribution in [3.8, 4) is 0 Å². The van der Waals surface area contributed by atoms with Crippen LogP contribution in [-0.4, -0.2) is 25.7 Å². The molecule has 0 aliphatic carbocycles. The number of amides is 1. The molecular formula is C11H8N6O5. The van der Waals surface area contributed by atoms with Crippen LogP contribution < -0.4 is 10.9 Å². The number of carbonyl (C=O) groups excluding carboxylic acids is 1. The van der Waals surface area contributed by atoms with E-state index >= 15 is 0 Å². The third-order valence-electron chi connectivity index (χ3n) is 2.50. The minimum Gasteiger partial charge on any atom is -0.276 e. The van der Waals surface area contributed by atoms with Crippen LogP contribution in [0.5, 0.6) is 0 Å². The van der Waals surface area contributed by atoms with Gasteiger partial charge in [0.1, 0.15) is 6.20 Å². The van der Waals surface area contributed by atoms with Gasteiger partial charge in [-0.1, -0.05) is 0 Å². The molecule has 2 N–H and O–H groups in total. The number of anilines is 1. The van der Waals surface area contributed by atoms with E-state index in [0.29, 0.717) is 0 Å². The summed E-state index contributed by atoms with van der Waals surface area (Å²) in [6, 6.07) is 3.62. The average molecular weight is 304 g/mol. The quantitative estimate of drug-likeness (QED) is 0.613. The third kappa shape index (κ3) is 3.27. The van der Waals surface area contributed by atoms with Crippen molar-refractivity contribution in [3.05, 3.63) is 62.6 Å². The molecule has 0 unspecified atom stereocenters. The number of pyridine rings is 2. The number of nitrogens with zero attached hydrogens (tertiary/aromatic N) is 4. The second-order valence-electron chi connectivity index (χ2n) is 3.89. The molecule has 112 valence electrons. The van der Waals surface area contributed by atoms with Crippen LogP contribution in [0.15, 0.2) is 36.8 Å². The minimum absolute atomic E-state index is 0.270. The van der Waals surface area contributed by atoms with E-state index in [-0.39, 0.29) is 11.4 Å². The molecule has 0 spiro atoms. The summed E-state index contributed by atoms with van der Waals surface area (Å²) in [7, 11) is 0. The molecule has 0 fully saturated rings. The molecule has 0 saturated carbocycles. The summed E-state index contributed by atoms with van der Waals surface area (Å²) in [4.78, 5) is 38.9. The molecule has 2 rings (SSSR count). The SMILES string of the molecule is O=C(NNc1ncc([N+](=O)[O-])cc1[N+](=O)[O-])c1ccncc1. The monoisotopic (exact) mass is 304 g/mol. The van der Waals surface area contributed by atoms with Crippen molar-refractivity contribution < 1.29 is 14.6 Å². The van der Waals surface area contributed by atoms with E-state index in [4.69, 9.17) is 0 Å². The number of hydrogen-bond acceptors (Lipinski definition) is 8. The van der Waals surface area contributed by atoms with E-state index in [2.05, 4.69) is 20.8 Å². The third-order valence-corrected chi connectivity index (χ3v) is 2.50. The molecule has 0 aromatic carbocycles. The van der Waals surface area contributed by atoms with Crippen molar-refractivity contribution in [3.63, 3.8) is 0 Å². The van der Waals surface area contributed by atoms with E-state index in [1.54, 1.807) is 0 Å². The molecule has 22 heavy (non-hydrogen) atoms. The van der Waals surface area contributed by atoms with Crippen LogP contribution in [0.3, 0.4) is 0 Å². The number of nitro groups is 2. The Bertz CT molecular complexity index is 735. The van der Waals surface area contributed by atoms with E-state index in [9.17, 15) is 25.0 Å². The zero-order chi connectivity index (χ0) is 16.1. The van der Waals surface area contributed by atoms with Gasteiger partial charge in [0.05, 0.1) is 15.9 Å². The van der Waals surface area contributed by atoms with E-state index in [1.165, 1.54) is 24.5 Å². The Morgan fingerprint density at radius 3 is 2.41 bits per heavy atom. The fraction of sp³-hybridized carbons (Fsp3) is 0. The van der Waals surface area contributed by atoms with Crippen LogP contribution in [-0.2, 0) is 0 Å². The number of aromatic nitrogens is 2. The predicted molar refractivity (Wildman–Crippen MR) is 72.9 cm³/mol. The van der Waals surface area contributed by atoms with Crippen molar-refractivity contribution in [2.24, 2.45) is 0 Å². The lowest BCUT2D eigenvalue weighted by atomic mass is 10.2. The maximum absolute atomic E-state index is 11.8. The molecular weight excluding hydrogens is 296 g/mol. The second kappa shape index (κ2) is 6.21. The first-order chi connectivity index (χ1) is 10.5. The molecule has 0 radical (unpaired) electrons. The molecule has 11 heteroatoms. The summed E-state index contributed by atoms with van der Waals surface area (Å²) in [6.45, 7) is 0. The number of carbonyl (C=O) groups is 1. The summed E-state index contributed by atoms with van der Waals surface area (Å²) < 4.78 is 0. The smallest absolute Gasteiger partial charge is 0.276 e. The lowest BCUT2D eigenvalue weighted by Crippen LogP contribution is -2.30. The summed E-state index contributed by atoms with van der Waals surface area (Å²) in [5.41, 5.74) is 3.57. The molecule has 0 aliphatic rings. The number of nitrogens with one attached hydrogen (secondary N) is 2.